The van der Waals surface area contributed by atoms with E-state index in [0.29, 0.717) is 29.7 Å². The van der Waals surface area contributed by atoms with Gasteiger partial charge in [-0.3, -0.25) is 4.79 Å². The van der Waals surface area contributed by atoms with Gasteiger partial charge in [0.25, 0.3) is 0 Å². The number of aryl methyl sites for hydroxylation is 1. The molecule has 0 bridgehead atoms. The molecule has 3 rings (SSSR count). The molecule has 0 saturated heterocycles. The van der Waals surface area contributed by atoms with Crippen LogP contribution in [-0.2, 0) is 17.8 Å². The lowest BCUT2D eigenvalue weighted by molar-refractivity contribution is -0.121. The van der Waals surface area contributed by atoms with Gasteiger partial charge < -0.3 is 14.6 Å². The number of benzene rings is 2. The monoisotopic (exact) mass is 371 g/mol. The van der Waals surface area contributed by atoms with Gasteiger partial charge in [0.1, 0.15) is 5.75 Å². The fourth-order valence-electron chi connectivity index (χ4n) is 2.36. The van der Waals surface area contributed by atoms with E-state index in [1.54, 1.807) is 13.2 Å². The Morgan fingerprint density at radius 1 is 1.19 bits per heavy atom. The van der Waals surface area contributed by atoms with Crippen molar-refractivity contribution in [3.8, 4) is 17.1 Å². The average Bonchev–Trinajstić information content (AvgIpc) is 3.15. The molecule has 7 heteroatoms. The SMILES string of the molecule is COc1ccc(-c2noc(CCC(=O)NCc3ccccc3Cl)n2)cc1. The van der Waals surface area contributed by atoms with E-state index in [2.05, 4.69) is 15.5 Å². The van der Waals surface area contributed by atoms with Crippen molar-refractivity contribution in [2.24, 2.45) is 0 Å². The molecule has 0 radical (unpaired) electrons. The standard InChI is InChI=1S/C19H18ClN3O3/c1-25-15-8-6-13(7-9-15)19-22-18(26-23-19)11-10-17(24)21-12-14-4-2-3-5-16(14)20/h2-9H,10-12H2,1H3,(H,21,24). The van der Waals surface area contributed by atoms with E-state index in [0.717, 1.165) is 16.9 Å². The zero-order valence-corrected chi connectivity index (χ0v) is 15.0. The highest BCUT2D eigenvalue weighted by Crippen LogP contribution is 2.20. The number of ether oxygens (including phenoxy) is 1. The molecule has 0 atom stereocenters. The summed E-state index contributed by atoms with van der Waals surface area (Å²) in [5.41, 5.74) is 1.70. The van der Waals surface area contributed by atoms with Gasteiger partial charge in [0.05, 0.1) is 7.11 Å². The number of amides is 1. The molecular formula is C19H18ClN3O3. The molecular weight excluding hydrogens is 354 g/mol. The Hall–Kier alpha value is -2.86. The van der Waals surface area contributed by atoms with Gasteiger partial charge in [0.2, 0.25) is 17.6 Å². The summed E-state index contributed by atoms with van der Waals surface area (Å²) >= 11 is 6.07. The number of carbonyl (C=O) groups is 1. The summed E-state index contributed by atoms with van der Waals surface area (Å²) in [5.74, 6) is 1.56. The number of rotatable bonds is 7. The van der Waals surface area contributed by atoms with Crippen LogP contribution in [-0.4, -0.2) is 23.2 Å². The van der Waals surface area contributed by atoms with E-state index < -0.39 is 0 Å². The molecule has 1 amide bonds. The number of aromatic nitrogens is 2. The second-order valence-corrected chi connectivity index (χ2v) is 6.02. The van der Waals surface area contributed by atoms with Crippen molar-refractivity contribution < 1.29 is 14.1 Å². The van der Waals surface area contributed by atoms with E-state index in [1.807, 2.05) is 42.5 Å². The second kappa shape index (κ2) is 8.49. The maximum Gasteiger partial charge on any atom is 0.227 e. The Labute approximate surface area is 156 Å². The highest BCUT2D eigenvalue weighted by molar-refractivity contribution is 6.31. The van der Waals surface area contributed by atoms with Crippen molar-refractivity contribution in [3.05, 3.63) is 65.0 Å². The molecule has 2 aromatic carbocycles. The lowest BCUT2D eigenvalue weighted by Crippen LogP contribution is -2.23. The Bertz CT molecular complexity index is 878. The number of halogens is 1. The number of methoxy groups -OCH3 is 1. The Balaban J connectivity index is 1.51. The molecule has 1 N–H and O–H groups in total. The third-order valence-corrected chi connectivity index (χ3v) is 4.18. The molecule has 134 valence electrons. The van der Waals surface area contributed by atoms with E-state index >= 15 is 0 Å². The number of hydrogen-bond donors (Lipinski definition) is 1. The molecule has 0 unspecified atom stereocenters. The van der Waals surface area contributed by atoms with Crippen LogP contribution < -0.4 is 10.1 Å². The summed E-state index contributed by atoms with van der Waals surface area (Å²) in [5, 5.41) is 7.42. The van der Waals surface area contributed by atoms with Gasteiger partial charge in [-0.25, -0.2) is 0 Å². The van der Waals surface area contributed by atoms with Crippen molar-refractivity contribution in [2.45, 2.75) is 19.4 Å². The molecule has 0 aliphatic heterocycles. The molecule has 3 aromatic rings. The van der Waals surface area contributed by atoms with Gasteiger partial charge in [0, 0.05) is 30.0 Å². The molecule has 26 heavy (non-hydrogen) atoms. The fraction of sp³-hybridized carbons (Fsp3) is 0.211. The Kier molecular flexibility index (Phi) is 5.86. The van der Waals surface area contributed by atoms with E-state index in [1.165, 1.54) is 0 Å². The van der Waals surface area contributed by atoms with Crippen LogP contribution in [0.1, 0.15) is 17.9 Å². The molecule has 0 aliphatic rings. The molecule has 1 aromatic heterocycles. The molecule has 1 heterocycles. The molecule has 0 spiro atoms. The van der Waals surface area contributed by atoms with E-state index in [9.17, 15) is 4.79 Å². The highest BCUT2D eigenvalue weighted by Gasteiger charge is 2.11. The predicted octanol–water partition coefficient (Wildman–Crippen LogP) is 3.65. The van der Waals surface area contributed by atoms with Crippen LogP contribution in [0.5, 0.6) is 5.75 Å². The lowest BCUT2D eigenvalue weighted by atomic mass is 10.2. The molecule has 0 aliphatic carbocycles. The van der Waals surface area contributed by atoms with Gasteiger partial charge in [-0.15, -0.1) is 0 Å². The zero-order valence-electron chi connectivity index (χ0n) is 14.2. The summed E-state index contributed by atoms with van der Waals surface area (Å²) in [6.45, 7) is 0.388. The number of nitrogens with one attached hydrogen (secondary N) is 1. The van der Waals surface area contributed by atoms with Crippen LogP contribution >= 0.6 is 11.6 Å². The Morgan fingerprint density at radius 2 is 1.96 bits per heavy atom. The summed E-state index contributed by atoms with van der Waals surface area (Å²) in [6.07, 6.45) is 0.631. The highest BCUT2D eigenvalue weighted by atomic mass is 35.5. The van der Waals surface area contributed by atoms with E-state index in [-0.39, 0.29) is 12.3 Å². The first kappa shape index (κ1) is 17.9. The lowest BCUT2D eigenvalue weighted by Gasteiger charge is -2.05. The zero-order chi connectivity index (χ0) is 18.4. The van der Waals surface area contributed by atoms with Gasteiger partial charge in [-0.1, -0.05) is 35.0 Å². The second-order valence-electron chi connectivity index (χ2n) is 5.61. The van der Waals surface area contributed by atoms with Gasteiger partial charge >= 0.3 is 0 Å². The Morgan fingerprint density at radius 3 is 2.69 bits per heavy atom. The maximum atomic E-state index is 12.0. The predicted molar refractivity (Wildman–Crippen MR) is 97.9 cm³/mol. The van der Waals surface area contributed by atoms with Gasteiger partial charge in [0.15, 0.2) is 0 Å². The summed E-state index contributed by atoms with van der Waals surface area (Å²) in [7, 11) is 1.61. The van der Waals surface area contributed by atoms with Crippen LogP contribution in [0, 0.1) is 0 Å². The first-order valence-electron chi connectivity index (χ1n) is 8.13. The van der Waals surface area contributed by atoms with Crippen LogP contribution in [0.25, 0.3) is 11.4 Å². The first-order chi connectivity index (χ1) is 12.7. The summed E-state index contributed by atoms with van der Waals surface area (Å²) in [4.78, 5) is 16.3. The molecule has 0 saturated carbocycles. The largest absolute Gasteiger partial charge is 0.497 e. The van der Waals surface area contributed by atoms with Crippen LogP contribution in [0.4, 0.5) is 0 Å². The summed E-state index contributed by atoms with van der Waals surface area (Å²) < 4.78 is 10.3. The first-order valence-corrected chi connectivity index (χ1v) is 8.50. The van der Waals surface area contributed by atoms with Crippen molar-refractivity contribution in [1.82, 2.24) is 15.5 Å². The average molecular weight is 372 g/mol. The normalized spacial score (nSPS) is 10.5. The van der Waals surface area contributed by atoms with Crippen molar-refractivity contribution in [1.29, 1.82) is 0 Å². The minimum atomic E-state index is -0.103. The van der Waals surface area contributed by atoms with Crippen molar-refractivity contribution in [2.75, 3.05) is 7.11 Å². The quantitative estimate of drug-likeness (QED) is 0.686. The van der Waals surface area contributed by atoms with Crippen LogP contribution in [0.15, 0.2) is 53.1 Å². The smallest absolute Gasteiger partial charge is 0.227 e. The third-order valence-electron chi connectivity index (χ3n) is 3.82. The van der Waals surface area contributed by atoms with Gasteiger partial charge in [-0.2, -0.15) is 4.98 Å². The number of hydrogen-bond acceptors (Lipinski definition) is 5. The number of nitrogens with zero attached hydrogens (tertiary/aromatic N) is 2. The maximum absolute atomic E-state index is 12.0. The van der Waals surface area contributed by atoms with E-state index in [4.69, 9.17) is 20.9 Å². The topological polar surface area (TPSA) is 77.2 Å². The minimum absolute atomic E-state index is 0.103. The van der Waals surface area contributed by atoms with Crippen LogP contribution in [0.2, 0.25) is 5.02 Å². The fourth-order valence-corrected chi connectivity index (χ4v) is 2.56. The van der Waals surface area contributed by atoms with Gasteiger partial charge in [-0.05, 0) is 35.9 Å². The third kappa shape index (κ3) is 4.61. The molecule has 0 fully saturated rings. The minimum Gasteiger partial charge on any atom is -0.497 e. The summed E-state index contributed by atoms with van der Waals surface area (Å²) in [6, 6.07) is 14.8. The van der Waals surface area contributed by atoms with Crippen molar-refractivity contribution in [3.63, 3.8) is 0 Å². The van der Waals surface area contributed by atoms with Crippen molar-refractivity contribution >= 4 is 17.5 Å². The molecule has 6 nitrogen and oxygen atoms in total. The van der Waals surface area contributed by atoms with Crippen LogP contribution in [0.3, 0.4) is 0 Å². The number of carbonyl (C=O) groups excluding carboxylic acids is 1.